The number of para-hydroxylation sites is 1. The van der Waals surface area contributed by atoms with Crippen molar-refractivity contribution in [1.82, 2.24) is 4.98 Å². The van der Waals surface area contributed by atoms with Crippen LogP contribution in [0.25, 0.3) is 10.9 Å². The van der Waals surface area contributed by atoms with Gasteiger partial charge in [0.2, 0.25) is 0 Å². The van der Waals surface area contributed by atoms with Gasteiger partial charge in [0.05, 0.1) is 5.52 Å². The Morgan fingerprint density at radius 1 is 1.30 bits per heavy atom. The zero-order chi connectivity index (χ0) is 14.2. The number of fused-ring (bicyclic) bond motifs is 1. The maximum absolute atomic E-state index is 8.84. The second kappa shape index (κ2) is 8.12. The predicted molar refractivity (Wildman–Crippen MR) is 88.4 cm³/mol. The lowest BCUT2D eigenvalue weighted by Gasteiger charge is -2.12. The highest BCUT2D eigenvalue weighted by Crippen LogP contribution is 2.24. The van der Waals surface area contributed by atoms with Crippen LogP contribution < -0.4 is 5.32 Å². The number of hydrogen-bond donors (Lipinski definition) is 2. The SMILES string of the molecule is CCCNc1nc2ccccc2cc1CSCCCO. The van der Waals surface area contributed by atoms with Gasteiger partial charge in [0.1, 0.15) is 5.82 Å². The van der Waals surface area contributed by atoms with Gasteiger partial charge in [-0.1, -0.05) is 25.1 Å². The lowest BCUT2D eigenvalue weighted by atomic mass is 10.1. The summed E-state index contributed by atoms with van der Waals surface area (Å²) in [7, 11) is 0. The van der Waals surface area contributed by atoms with E-state index in [4.69, 9.17) is 10.1 Å². The molecule has 0 spiro atoms. The molecule has 0 saturated heterocycles. The molecule has 0 bridgehead atoms. The van der Waals surface area contributed by atoms with Crippen LogP contribution in [0.4, 0.5) is 5.82 Å². The number of pyridine rings is 1. The Morgan fingerprint density at radius 3 is 2.95 bits per heavy atom. The number of nitrogens with one attached hydrogen (secondary N) is 1. The topological polar surface area (TPSA) is 45.2 Å². The van der Waals surface area contributed by atoms with Crippen LogP contribution >= 0.6 is 11.8 Å². The quantitative estimate of drug-likeness (QED) is 0.728. The average molecular weight is 290 g/mol. The Bertz CT molecular complexity index is 545. The van der Waals surface area contributed by atoms with Gasteiger partial charge in [-0.05, 0) is 30.7 Å². The van der Waals surface area contributed by atoms with Crippen LogP contribution in [0.5, 0.6) is 0 Å². The van der Waals surface area contributed by atoms with Crippen LogP contribution in [0, 0.1) is 0 Å². The summed E-state index contributed by atoms with van der Waals surface area (Å²) >= 11 is 1.85. The Balaban J connectivity index is 2.18. The van der Waals surface area contributed by atoms with Crippen molar-refractivity contribution >= 4 is 28.5 Å². The van der Waals surface area contributed by atoms with Crippen LogP contribution in [-0.4, -0.2) is 29.0 Å². The summed E-state index contributed by atoms with van der Waals surface area (Å²) in [4.78, 5) is 4.74. The molecule has 0 aliphatic heterocycles. The molecule has 0 aliphatic rings. The zero-order valence-electron chi connectivity index (χ0n) is 11.9. The molecule has 0 unspecified atom stereocenters. The van der Waals surface area contributed by atoms with E-state index in [1.165, 1.54) is 10.9 Å². The molecule has 0 fully saturated rings. The molecule has 0 radical (unpaired) electrons. The van der Waals surface area contributed by atoms with Crippen molar-refractivity contribution in [2.75, 3.05) is 24.2 Å². The highest BCUT2D eigenvalue weighted by atomic mass is 32.2. The number of nitrogens with zero attached hydrogens (tertiary/aromatic N) is 1. The first-order chi connectivity index (χ1) is 9.85. The third-order valence-corrected chi connectivity index (χ3v) is 4.14. The summed E-state index contributed by atoms with van der Waals surface area (Å²) in [5, 5.41) is 13.4. The normalized spacial score (nSPS) is 10.9. The molecule has 0 atom stereocenters. The minimum absolute atomic E-state index is 0.268. The maximum atomic E-state index is 8.84. The molecule has 2 aromatic rings. The Labute approximate surface area is 124 Å². The smallest absolute Gasteiger partial charge is 0.130 e. The Kier molecular flexibility index (Phi) is 6.15. The fraction of sp³-hybridized carbons (Fsp3) is 0.438. The van der Waals surface area contributed by atoms with E-state index in [0.717, 1.165) is 42.2 Å². The van der Waals surface area contributed by atoms with Crippen molar-refractivity contribution in [2.24, 2.45) is 0 Å². The molecule has 108 valence electrons. The van der Waals surface area contributed by atoms with Gasteiger partial charge < -0.3 is 10.4 Å². The van der Waals surface area contributed by atoms with Crippen LogP contribution in [-0.2, 0) is 5.75 Å². The maximum Gasteiger partial charge on any atom is 0.130 e. The van der Waals surface area contributed by atoms with Gasteiger partial charge in [0, 0.05) is 29.9 Å². The molecule has 0 saturated carbocycles. The van der Waals surface area contributed by atoms with E-state index in [-0.39, 0.29) is 6.61 Å². The fourth-order valence-corrected chi connectivity index (χ4v) is 2.93. The highest BCUT2D eigenvalue weighted by molar-refractivity contribution is 7.98. The number of aromatic nitrogens is 1. The van der Waals surface area contributed by atoms with E-state index in [0.29, 0.717) is 0 Å². The first-order valence-electron chi connectivity index (χ1n) is 7.16. The van der Waals surface area contributed by atoms with Crippen LogP contribution in [0.3, 0.4) is 0 Å². The lowest BCUT2D eigenvalue weighted by molar-refractivity contribution is 0.296. The van der Waals surface area contributed by atoms with E-state index in [1.54, 1.807) is 0 Å². The molecule has 20 heavy (non-hydrogen) atoms. The van der Waals surface area contributed by atoms with Gasteiger partial charge in [-0.15, -0.1) is 0 Å². The monoisotopic (exact) mass is 290 g/mol. The molecule has 1 heterocycles. The summed E-state index contributed by atoms with van der Waals surface area (Å²) in [5.74, 6) is 2.92. The summed E-state index contributed by atoms with van der Waals surface area (Å²) in [6.07, 6.45) is 1.94. The number of aliphatic hydroxyl groups excluding tert-OH is 1. The number of anilines is 1. The third kappa shape index (κ3) is 4.12. The Morgan fingerprint density at radius 2 is 2.15 bits per heavy atom. The van der Waals surface area contributed by atoms with E-state index in [9.17, 15) is 0 Å². The first kappa shape index (κ1) is 15.1. The molecule has 1 aromatic carbocycles. The molecule has 1 aromatic heterocycles. The molecule has 4 heteroatoms. The molecule has 0 aliphatic carbocycles. The Hall–Kier alpha value is -1.26. The summed E-state index contributed by atoms with van der Waals surface area (Å²) < 4.78 is 0. The number of aliphatic hydroxyl groups is 1. The van der Waals surface area contributed by atoms with Gasteiger partial charge in [-0.3, -0.25) is 0 Å². The van der Waals surface area contributed by atoms with Crippen molar-refractivity contribution in [3.63, 3.8) is 0 Å². The number of rotatable bonds is 8. The second-order valence-corrected chi connectivity index (χ2v) is 5.85. The van der Waals surface area contributed by atoms with Crippen LogP contribution in [0.1, 0.15) is 25.3 Å². The average Bonchev–Trinajstić information content (AvgIpc) is 2.49. The highest BCUT2D eigenvalue weighted by Gasteiger charge is 2.06. The van der Waals surface area contributed by atoms with Crippen LogP contribution in [0.2, 0.25) is 0 Å². The molecule has 0 amide bonds. The van der Waals surface area contributed by atoms with Gasteiger partial charge in [0.25, 0.3) is 0 Å². The molecule has 3 nitrogen and oxygen atoms in total. The molecular formula is C16H22N2OS. The van der Waals surface area contributed by atoms with Crippen molar-refractivity contribution < 1.29 is 5.11 Å². The summed E-state index contributed by atoms with van der Waals surface area (Å²) in [5.41, 5.74) is 2.29. The second-order valence-electron chi connectivity index (χ2n) is 4.75. The minimum atomic E-state index is 0.268. The molecular weight excluding hydrogens is 268 g/mol. The first-order valence-corrected chi connectivity index (χ1v) is 8.31. The van der Waals surface area contributed by atoms with Crippen molar-refractivity contribution in [3.8, 4) is 0 Å². The van der Waals surface area contributed by atoms with E-state index < -0.39 is 0 Å². The van der Waals surface area contributed by atoms with Gasteiger partial charge in [-0.25, -0.2) is 4.98 Å². The number of thioether (sulfide) groups is 1. The zero-order valence-corrected chi connectivity index (χ0v) is 12.7. The van der Waals surface area contributed by atoms with E-state index >= 15 is 0 Å². The lowest BCUT2D eigenvalue weighted by Crippen LogP contribution is -2.05. The van der Waals surface area contributed by atoms with E-state index in [1.807, 2.05) is 23.9 Å². The largest absolute Gasteiger partial charge is 0.396 e. The third-order valence-electron chi connectivity index (χ3n) is 3.05. The standard InChI is InChI=1S/C16H22N2OS/c1-2-8-17-16-14(12-20-10-5-9-19)11-13-6-3-4-7-15(13)18-16/h3-4,6-7,11,19H,2,5,8-10,12H2,1H3,(H,17,18). The predicted octanol–water partition coefficient (Wildman–Crippen LogP) is 3.67. The fourth-order valence-electron chi connectivity index (χ4n) is 2.01. The number of hydrogen-bond acceptors (Lipinski definition) is 4. The molecule has 2 rings (SSSR count). The van der Waals surface area contributed by atoms with Crippen LogP contribution in [0.15, 0.2) is 30.3 Å². The molecule has 2 N–H and O–H groups in total. The summed E-state index contributed by atoms with van der Waals surface area (Å²) in [6, 6.07) is 10.5. The number of benzene rings is 1. The van der Waals surface area contributed by atoms with Crippen molar-refractivity contribution in [1.29, 1.82) is 0 Å². The van der Waals surface area contributed by atoms with E-state index in [2.05, 4.69) is 30.4 Å². The minimum Gasteiger partial charge on any atom is -0.396 e. The van der Waals surface area contributed by atoms with Crippen molar-refractivity contribution in [3.05, 3.63) is 35.9 Å². The van der Waals surface area contributed by atoms with Gasteiger partial charge in [0.15, 0.2) is 0 Å². The van der Waals surface area contributed by atoms with Gasteiger partial charge >= 0.3 is 0 Å². The summed E-state index contributed by atoms with van der Waals surface area (Å²) in [6.45, 7) is 3.37. The van der Waals surface area contributed by atoms with Gasteiger partial charge in [-0.2, -0.15) is 11.8 Å². The van der Waals surface area contributed by atoms with Crippen molar-refractivity contribution in [2.45, 2.75) is 25.5 Å².